The molecule has 3 aromatic heterocycles. The van der Waals surface area contributed by atoms with Crippen molar-refractivity contribution >= 4 is 33.2 Å². The van der Waals surface area contributed by atoms with Gasteiger partial charge in [0.15, 0.2) is 0 Å². The van der Waals surface area contributed by atoms with Crippen LogP contribution in [0.15, 0.2) is 53.0 Å². The molecule has 0 saturated heterocycles. The molecule has 0 fully saturated rings. The SMILES string of the molecule is O=c1c2sccc2ncn1Cc1cn(-c2ccc(Cl)cc2)nn1. The third-order valence-corrected chi connectivity index (χ3v) is 4.54. The van der Waals surface area contributed by atoms with Crippen LogP contribution in [0.25, 0.3) is 15.9 Å². The highest BCUT2D eigenvalue weighted by molar-refractivity contribution is 7.17. The fraction of sp³-hybridized carbons (Fsp3) is 0.0667. The fourth-order valence-electron chi connectivity index (χ4n) is 2.26. The first-order chi connectivity index (χ1) is 11.2. The number of hydrogen-bond acceptors (Lipinski definition) is 5. The molecule has 3 heterocycles. The highest BCUT2D eigenvalue weighted by Crippen LogP contribution is 2.14. The molecule has 0 saturated carbocycles. The summed E-state index contributed by atoms with van der Waals surface area (Å²) in [6.07, 6.45) is 3.33. The van der Waals surface area contributed by atoms with Crippen LogP contribution < -0.4 is 5.56 Å². The van der Waals surface area contributed by atoms with Crippen LogP contribution in [0, 0.1) is 0 Å². The number of nitrogens with zero attached hydrogens (tertiary/aromatic N) is 5. The maximum absolute atomic E-state index is 12.4. The number of benzene rings is 1. The molecule has 0 amide bonds. The first kappa shape index (κ1) is 14.1. The van der Waals surface area contributed by atoms with E-state index in [0.717, 1.165) is 11.2 Å². The van der Waals surface area contributed by atoms with E-state index in [0.29, 0.717) is 22.0 Å². The lowest BCUT2D eigenvalue weighted by atomic mass is 10.3. The molecule has 4 aromatic rings. The van der Waals surface area contributed by atoms with E-state index in [2.05, 4.69) is 15.3 Å². The zero-order chi connectivity index (χ0) is 15.8. The Bertz CT molecular complexity index is 1030. The summed E-state index contributed by atoms with van der Waals surface area (Å²) < 4.78 is 3.83. The number of halogens is 1. The topological polar surface area (TPSA) is 65.6 Å². The molecule has 0 aliphatic carbocycles. The van der Waals surface area contributed by atoms with E-state index in [4.69, 9.17) is 11.6 Å². The second-order valence-electron chi connectivity index (χ2n) is 4.94. The van der Waals surface area contributed by atoms with Crippen LogP contribution in [0.4, 0.5) is 0 Å². The van der Waals surface area contributed by atoms with Gasteiger partial charge in [0, 0.05) is 5.02 Å². The average molecular weight is 344 g/mol. The van der Waals surface area contributed by atoms with Crippen LogP contribution in [0.2, 0.25) is 5.02 Å². The summed E-state index contributed by atoms with van der Waals surface area (Å²) in [6.45, 7) is 0.327. The van der Waals surface area contributed by atoms with Gasteiger partial charge in [-0.2, -0.15) is 0 Å². The summed E-state index contributed by atoms with van der Waals surface area (Å²) in [7, 11) is 0. The Morgan fingerprint density at radius 2 is 2.00 bits per heavy atom. The number of fused-ring (bicyclic) bond motifs is 1. The van der Waals surface area contributed by atoms with Crippen molar-refractivity contribution in [1.82, 2.24) is 24.5 Å². The van der Waals surface area contributed by atoms with Crippen LogP contribution in [0.1, 0.15) is 5.69 Å². The largest absolute Gasteiger partial charge is 0.292 e. The van der Waals surface area contributed by atoms with E-state index >= 15 is 0 Å². The molecule has 114 valence electrons. The van der Waals surface area contributed by atoms with Crippen LogP contribution in [0.3, 0.4) is 0 Å². The van der Waals surface area contributed by atoms with E-state index in [1.165, 1.54) is 15.9 Å². The third kappa shape index (κ3) is 2.64. The monoisotopic (exact) mass is 343 g/mol. The Morgan fingerprint density at radius 3 is 2.83 bits per heavy atom. The molecule has 0 unspecified atom stereocenters. The summed E-state index contributed by atoms with van der Waals surface area (Å²) in [4.78, 5) is 16.6. The standard InChI is InChI=1S/C15H10ClN5OS/c16-10-1-3-12(4-2-10)21-8-11(18-19-21)7-20-9-17-13-5-6-23-14(13)15(20)22/h1-6,8-9H,7H2. The van der Waals surface area contributed by atoms with Crippen molar-refractivity contribution in [3.8, 4) is 5.69 Å². The van der Waals surface area contributed by atoms with E-state index in [9.17, 15) is 4.79 Å². The van der Waals surface area contributed by atoms with Gasteiger partial charge in [-0.1, -0.05) is 16.8 Å². The molecular formula is C15H10ClN5OS. The first-order valence-corrected chi connectivity index (χ1v) is 8.06. The summed E-state index contributed by atoms with van der Waals surface area (Å²) in [5, 5.41) is 10.7. The molecule has 0 bridgehead atoms. The van der Waals surface area contributed by atoms with Gasteiger partial charge in [-0.15, -0.1) is 16.4 Å². The van der Waals surface area contributed by atoms with Gasteiger partial charge in [0.2, 0.25) is 0 Å². The van der Waals surface area contributed by atoms with Crippen molar-refractivity contribution in [3.05, 3.63) is 69.3 Å². The molecule has 0 spiro atoms. The van der Waals surface area contributed by atoms with Gasteiger partial charge in [-0.3, -0.25) is 9.36 Å². The molecule has 0 N–H and O–H groups in total. The molecule has 0 aliphatic heterocycles. The van der Waals surface area contributed by atoms with Gasteiger partial charge in [0.25, 0.3) is 5.56 Å². The molecule has 0 aliphatic rings. The Kier molecular flexibility index (Phi) is 3.44. The molecule has 1 aromatic carbocycles. The van der Waals surface area contributed by atoms with Gasteiger partial charge >= 0.3 is 0 Å². The third-order valence-electron chi connectivity index (χ3n) is 3.40. The molecule has 8 heteroatoms. The quantitative estimate of drug-likeness (QED) is 0.573. The van der Waals surface area contributed by atoms with Crippen LogP contribution in [0.5, 0.6) is 0 Å². The fourth-order valence-corrected chi connectivity index (χ4v) is 3.18. The summed E-state index contributed by atoms with van der Waals surface area (Å²) in [5.41, 5.74) is 2.19. The predicted molar refractivity (Wildman–Crippen MR) is 89.4 cm³/mol. The zero-order valence-corrected chi connectivity index (χ0v) is 13.3. The highest BCUT2D eigenvalue weighted by atomic mass is 35.5. The predicted octanol–water partition coefficient (Wildman–Crippen LogP) is 2.74. The van der Waals surface area contributed by atoms with Gasteiger partial charge in [-0.05, 0) is 35.7 Å². The molecule has 6 nitrogen and oxygen atoms in total. The van der Waals surface area contributed by atoms with Gasteiger partial charge in [0.1, 0.15) is 10.4 Å². The Labute approximate surface area is 139 Å². The number of hydrogen-bond donors (Lipinski definition) is 0. The van der Waals surface area contributed by atoms with Gasteiger partial charge in [0.05, 0.1) is 30.3 Å². The number of rotatable bonds is 3. The van der Waals surface area contributed by atoms with Crippen molar-refractivity contribution in [2.75, 3.05) is 0 Å². The Balaban J connectivity index is 1.65. The van der Waals surface area contributed by atoms with Crippen LogP contribution >= 0.6 is 22.9 Å². The number of thiophene rings is 1. The smallest absolute Gasteiger partial charge is 0.271 e. The van der Waals surface area contributed by atoms with Gasteiger partial charge in [-0.25, -0.2) is 9.67 Å². The minimum absolute atomic E-state index is 0.0638. The molecular weight excluding hydrogens is 334 g/mol. The Hall–Kier alpha value is -2.51. The van der Waals surface area contributed by atoms with Crippen molar-refractivity contribution < 1.29 is 0 Å². The summed E-state index contributed by atoms with van der Waals surface area (Å²) in [6, 6.07) is 9.12. The van der Waals surface area contributed by atoms with Crippen molar-refractivity contribution in [1.29, 1.82) is 0 Å². The molecule has 0 atom stereocenters. The van der Waals surface area contributed by atoms with Gasteiger partial charge < -0.3 is 0 Å². The molecule has 23 heavy (non-hydrogen) atoms. The van der Waals surface area contributed by atoms with E-state index in [-0.39, 0.29) is 5.56 Å². The van der Waals surface area contributed by atoms with Crippen molar-refractivity contribution in [2.24, 2.45) is 0 Å². The number of aromatic nitrogens is 5. The second kappa shape index (κ2) is 5.60. The Morgan fingerprint density at radius 1 is 1.17 bits per heavy atom. The maximum atomic E-state index is 12.4. The molecule has 4 rings (SSSR count). The van der Waals surface area contributed by atoms with E-state index in [1.54, 1.807) is 29.3 Å². The van der Waals surface area contributed by atoms with Crippen LogP contribution in [-0.2, 0) is 6.54 Å². The lowest BCUT2D eigenvalue weighted by molar-refractivity contribution is 0.723. The average Bonchev–Trinajstić information content (AvgIpc) is 3.20. The summed E-state index contributed by atoms with van der Waals surface area (Å²) in [5.74, 6) is 0. The molecule has 0 radical (unpaired) electrons. The second-order valence-corrected chi connectivity index (χ2v) is 6.30. The van der Waals surface area contributed by atoms with Crippen molar-refractivity contribution in [3.63, 3.8) is 0 Å². The lowest BCUT2D eigenvalue weighted by Crippen LogP contribution is -2.20. The first-order valence-electron chi connectivity index (χ1n) is 6.80. The zero-order valence-electron chi connectivity index (χ0n) is 11.8. The van der Waals surface area contributed by atoms with Crippen LogP contribution in [-0.4, -0.2) is 24.5 Å². The minimum Gasteiger partial charge on any atom is -0.292 e. The highest BCUT2D eigenvalue weighted by Gasteiger charge is 2.08. The van der Waals surface area contributed by atoms with E-state index < -0.39 is 0 Å². The normalized spacial score (nSPS) is 11.2. The lowest BCUT2D eigenvalue weighted by Gasteiger charge is -2.02. The summed E-state index contributed by atoms with van der Waals surface area (Å²) >= 11 is 7.27. The maximum Gasteiger partial charge on any atom is 0.271 e. The van der Waals surface area contributed by atoms with E-state index in [1.807, 2.05) is 23.6 Å². The van der Waals surface area contributed by atoms with Crippen molar-refractivity contribution in [2.45, 2.75) is 6.54 Å². The minimum atomic E-state index is -0.0638.